The lowest BCUT2D eigenvalue weighted by Gasteiger charge is -2.27. The summed E-state index contributed by atoms with van der Waals surface area (Å²) in [6, 6.07) is 16.1. The van der Waals surface area contributed by atoms with Crippen molar-refractivity contribution in [2.45, 2.75) is 6.54 Å². The molecule has 4 aromatic rings. The van der Waals surface area contributed by atoms with Crippen LogP contribution in [0.3, 0.4) is 0 Å². The summed E-state index contributed by atoms with van der Waals surface area (Å²) < 4.78 is 2.02. The van der Waals surface area contributed by atoms with Crippen LogP contribution in [0.2, 0.25) is 0 Å². The number of carbonyl (C=O) groups is 1. The van der Waals surface area contributed by atoms with Crippen LogP contribution in [-0.2, 0) is 11.3 Å². The molecule has 4 heterocycles. The van der Waals surface area contributed by atoms with Gasteiger partial charge in [-0.25, -0.2) is 15.0 Å². The molecule has 3 aromatic heterocycles. The van der Waals surface area contributed by atoms with E-state index >= 15 is 0 Å². The van der Waals surface area contributed by atoms with Gasteiger partial charge in [0.05, 0.1) is 17.0 Å². The molecule has 0 unspecified atom stereocenters. The maximum Gasteiger partial charge on any atom is 0.165 e. The number of piperazine rings is 1. The molecule has 9 nitrogen and oxygen atoms in total. The van der Waals surface area contributed by atoms with Crippen molar-refractivity contribution in [2.24, 2.45) is 0 Å². The monoisotopic (exact) mass is 494 g/mol. The largest absolute Gasteiger partial charge is 0.386 e. The van der Waals surface area contributed by atoms with E-state index in [2.05, 4.69) is 44.8 Å². The van der Waals surface area contributed by atoms with E-state index in [0.29, 0.717) is 17.3 Å². The van der Waals surface area contributed by atoms with Crippen LogP contribution in [0.5, 0.6) is 0 Å². The summed E-state index contributed by atoms with van der Waals surface area (Å²) >= 11 is 0. The van der Waals surface area contributed by atoms with Gasteiger partial charge in [-0.05, 0) is 54.1 Å². The molecule has 0 aliphatic carbocycles. The maximum atomic E-state index is 10.7. The number of nitrogens with two attached hydrogens (primary N) is 1. The summed E-state index contributed by atoms with van der Waals surface area (Å²) in [7, 11) is 1.82. The van der Waals surface area contributed by atoms with Crippen LogP contribution >= 0.6 is 0 Å². The summed E-state index contributed by atoms with van der Waals surface area (Å²) in [5, 5.41) is 6.56. The zero-order chi connectivity index (χ0) is 25.6. The van der Waals surface area contributed by atoms with Crippen LogP contribution in [0.25, 0.3) is 33.9 Å². The molecule has 0 atom stereocenters. The van der Waals surface area contributed by atoms with Crippen molar-refractivity contribution >= 4 is 29.0 Å². The number of rotatable bonds is 8. The zero-order valence-electron chi connectivity index (χ0n) is 20.8. The molecule has 0 spiro atoms. The minimum absolute atomic E-state index is 0.407. The number of hydrogen-bond acceptors (Lipinski definition) is 8. The minimum Gasteiger partial charge on any atom is -0.386 e. The van der Waals surface area contributed by atoms with Crippen molar-refractivity contribution in [3.63, 3.8) is 0 Å². The number of benzene rings is 1. The van der Waals surface area contributed by atoms with Crippen LogP contribution in [0.4, 0.5) is 5.82 Å². The van der Waals surface area contributed by atoms with Gasteiger partial charge in [0.25, 0.3) is 0 Å². The molecule has 1 aliphatic heterocycles. The van der Waals surface area contributed by atoms with Gasteiger partial charge in [-0.3, -0.25) is 14.3 Å². The number of imidazole rings is 1. The van der Waals surface area contributed by atoms with E-state index in [-0.39, 0.29) is 0 Å². The number of nitrogens with one attached hydrogen (secondary N) is 2. The second-order valence-electron chi connectivity index (χ2n) is 8.79. The molecule has 0 saturated carbocycles. The number of anilines is 1. The number of aldehydes is 1. The zero-order valence-corrected chi connectivity index (χ0v) is 20.8. The topological polar surface area (TPSA) is 114 Å². The number of carbonyl (C=O) groups excluding carboxylic acids is 1. The quantitative estimate of drug-likeness (QED) is 0.195. The fraction of sp³-hybridized carbons (Fsp3) is 0.214. The van der Waals surface area contributed by atoms with Gasteiger partial charge in [0.2, 0.25) is 0 Å². The number of aromatic nitrogens is 4. The third-order valence-electron chi connectivity index (χ3n) is 6.39. The Morgan fingerprint density at radius 3 is 2.62 bits per heavy atom. The molecular weight excluding hydrogens is 464 g/mol. The fourth-order valence-electron chi connectivity index (χ4n) is 4.51. The predicted octanol–water partition coefficient (Wildman–Crippen LogP) is 2.79. The van der Waals surface area contributed by atoms with Gasteiger partial charge >= 0.3 is 0 Å². The van der Waals surface area contributed by atoms with E-state index in [4.69, 9.17) is 15.7 Å². The Kier molecular flexibility index (Phi) is 7.34. The highest BCUT2D eigenvalue weighted by Crippen LogP contribution is 2.31. The van der Waals surface area contributed by atoms with Crippen molar-refractivity contribution in [3.8, 4) is 17.1 Å². The van der Waals surface area contributed by atoms with Crippen molar-refractivity contribution in [1.29, 1.82) is 0 Å². The van der Waals surface area contributed by atoms with E-state index < -0.39 is 0 Å². The van der Waals surface area contributed by atoms with Crippen LogP contribution in [0, 0.1) is 0 Å². The molecule has 0 bridgehead atoms. The van der Waals surface area contributed by atoms with Gasteiger partial charge in [0.1, 0.15) is 17.6 Å². The SMILES string of the molecule is CN/C(=C\C=C/C=O)c1ccc2nc(-c3cccnc3N)n(-c3ccc(CN4CCNCC4)cc3)c2n1. The Balaban J connectivity index is 1.61. The van der Waals surface area contributed by atoms with Crippen LogP contribution in [0.1, 0.15) is 11.3 Å². The molecule has 1 aromatic carbocycles. The third-order valence-corrected chi connectivity index (χ3v) is 6.39. The Hall–Kier alpha value is -4.34. The van der Waals surface area contributed by atoms with Gasteiger partial charge < -0.3 is 16.4 Å². The van der Waals surface area contributed by atoms with E-state index in [1.165, 1.54) is 11.6 Å². The number of allylic oxidation sites excluding steroid dienone is 3. The maximum absolute atomic E-state index is 10.7. The first-order valence-electron chi connectivity index (χ1n) is 12.3. The average Bonchev–Trinajstić information content (AvgIpc) is 3.31. The van der Waals surface area contributed by atoms with Gasteiger partial charge in [-0.1, -0.05) is 18.2 Å². The smallest absolute Gasteiger partial charge is 0.165 e. The Morgan fingerprint density at radius 2 is 1.89 bits per heavy atom. The highest BCUT2D eigenvalue weighted by Gasteiger charge is 2.19. The Morgan fingerprint density at radius 1 is 1.08 bits per heavy atom. The first-order valence-corrected chi connectivity index (χ1v) is 12.3. The Labute approximate surface area is 215 Å². The van der Waals surface area contributed by atoms with Gasteiger partial charge in [-0.2, -0.15) is 0 Å². The summed E-state index contributed by atoms with van der Waals surface area (Å²) in [4.78, 5) is 27.3. The molecule has 4 N–H and O–H groups in total. The molecule has 1 fully saturated rings. The van der Waals surface area contributed by atoms with E-state index in [9.17, 15) is 4.79 Å². The minimum atomic E-state index is 0.407. The van der Waals surface area contributed by atoms with Crippen molar-refractivity contribution in [1.82, 2.24) is 35.1 Å². The standard InChI is InChI=1S/C28H30N8O/c1-30-23(6-2-3-18-37)24-11-12-25-28(33-24)36(27(34-25)22-5-4-13-32-26(22)29)21-9-7-20(8-10-21)19-35-16-14-31-15-17-35/h2-13,18,30-31H,14-17,19H2,1H3,(H2,29,32)/b3-2-,23-6-. The molecule has 188 valence electrons. The lowest BCUT2D eigenvalue weighted by molar-refractivity contribution is -0.104. The fourth-order valence-corrected chi connectivity index (χ4v) is 4.51. The number of nitrogens with zero attached hydrogens (tertiary/aromatic N) is 5. The van der Waals surface area contributed by atoms with Gasteiger partial charge in [0, 0.05) is 51.7 Å². The number of nitrogen functional groups attached to an aromatic ring is 1. The van der Waals surface area contributed by atoms with Crippen LogP contribution in [-0.4, -0.2) is 63.9 Å². The van der Waals surface area contributed by atoms with Gasteiger partial charge in [0.15, 0.2) is 11.5 Å². The van der Waals surface area contributed by atoms with Crippen molar-refractivity contribution < 1.29 is 4.79 Å². The van der Waals surface area contributed by atoms with Crippen LogP contribution in [0.15, 0.2) is 73.0 Å². The highest BCUT2D eigenvalue weighted by molar-refractivity contribution is 5.84. The summed E-state index contributed by atoms with van der Waals surface area (Å²) in [6.07, 6.45) is 7.34. The highest BCUT2D eigenvalue weighted by atomic mass is 16.1. The molecule has 9 heteroatoms. The van der Waals surface area contributed by atoms with E-state index in [0.717, 1.165) is 67.2 Å². The molecule has 5 rings (SSSR count). The van der Waals surface area contributed by atoms with Gasteiger partial charge in [-0.15, -0.1) is 0 Å². The summed E-state index contributed by atoms with van der Waals surface area (Å²) in [5.41, 5.74) is 12.2. The molecular formula is C28H30N8O. The summed E-state index contributed by atoms with van der Waals surface area (Å²) in [6.45, 7) is 5.07. The molecule has 1 saturated heterocycles. The lowest BCUT2D eigenvalue weighted by atomic mass is 10.1. The molecule has 0 radical (unpaired) electrons. The number of fused-ring (bicyclic) bond motifs is 1. The van der Waals surface area contributed by atoms with Crippen molar-refractivity contribution in [3.05, 3.63) is 84.2 Å². The number of pyridine rings is 2. The second kappa shape index (κ2) is 11.2. The van der Waals surface area contributed by atoms with E-state index in [1.807, 2.05) is 42.0 Å². The van der Waals surface area contributed by atoms with Crippen LogP contribution < -0.4 is 16.4 Å². The first-order chi connectivity index (χ1) is 18.2. The lowest BCUT2D eigenvalue weighted by Crippen LogP contribution is -2.42. The molecule has 37 heavy (non-hydrogen) atoms. The molecule has 1 aliphatic rings. The number of hydrogen-bond donors (Lipinski definition) is 3. The van der Waals surface area contributed by atoms with E-state index in [1.54, 1.807) is 12.3 Å². The summed E-state index contributed by atoms with van der Waals surface area (Å²) in [5.74, 6) is 1.08. The normalized spacial score (nSPS) is 14.9. The average molecular weight is 495 g/mol. The Bertz CT molecular complexity index is 1450. The second-order valence-corrected chi connectivity index (χ2v) is 8.79. The first kappa shape index (κ1) is 24.4. The molecule has 0 amide bonds. The predicted molar refractivity (Wildman–Crippen MR) is 147 cm³/mol. The third kappa shape index (κ3) is 5.28. The van der Waals surface area contributed by atoms with Crippen molar-refractivity contribution in [2.75, 3.05) is 39.0 Å².